The molecule has 11 heavy (non-hydrogen) atoms. The fraction of sp³-hybridized carbons (Fsp3) is 1.00. The minimum atomic E-state index is 0.343. The summed E-state index contributed by atoms with van der Waals surface area (Å²) in [5, 5.41) is 0. The zero-order valence-corrected chi connectivity index (χ0v) is 7.67. The van der Waals surface area contributed by atoms with Gasteiger partial charge in [-0.15, -0.1) is 0 Å². The summed E-state index contributed by atoms with van der Waals surface area (Å²) in [6.07, 6.45) is 3.33. The van der Waals surface area contributed by atoms with Gasteiger partial charge in [0.1, 0.15) is 0 Å². The lowest BCUT2D eigenvalue weighted by Crippen LogP contribution is -2.09. The fourth-order valence-electron chi connectivity index (χ4n) is 1.09. The molecule has 2 unspecified atom stereocenters. The monoisotopic (exact) mass is 158 g/mol. The molecule has 0 aromatic carbocycles. The van der Waals surface area contributed by atoms with Crippen LogP contribution in [0.3, 0.4) is 0 Å². The van der Waals surface area contributed by atoms with Crippen LogP contribution in [0.2, 0.25) is 0 Å². The van der Waals surface area contributed by atoms with Gasteiger partial charge in [0.15, 0.2) is 0 Å². The van der Waals surface area contributed by atoms with Crippen LogP contribution in [0.15, 0.2) is 0 Å². The zero-order chi connectivity index (χ0) is 8.27. The Kier molecular flexibility index (Phi) is 3.34. The van der Waals surface area contributed by atoms with E-state index in [4.69, 9.17) is 9.47 Å². The van der Waals surface area contributed by atoms with Crippen molar-refractivity contribution in [2.24, 2.45) is 0 Å². The minimum absolute atomic E-state index is 0.343. The van der Waals surface area contributed by atoms with Crippen LogP contribution in [0.4, 0.5) is 0 Å². The number of hydrogen-bond donors (Lipinski definition) is 0. The lowest BCUT2D eigenvalue weighted by atomic mass is 10.5. The molecule has 1 fully saturated rings. The van der Waals surface area contributed by atoms with Crippen molar-refractivity contribution in [2.45, 2.75) is 51.9 Å². The third-order valence-electron chi connectivity index (χ3n) is 1.66. The molecule has 66 valence electrons. The largest absolute Gasteiger partial charge is 0.375 e. The fourth-order valence-corrected chi connectivity index (χ4v) is 1.09. The van der Waals surface area contributed by atoms with Crippen LogP contribution < -0.4 is 0 Å². The topological polar surface area (TPSA) is 18.5 Å². The van der Waals surface area contributed by atoms with Crippen molar-refractivity contribution >= 4 is 0 Å². The van der Waals surface area contributed by atoms with Crippen molar-refractivity contribution < 1.29 is 9.47 Å². The van der Waals surface area contributed by atoms with Gasteiger partial charge in [0.25, 0.3) is 0 Å². The molecule has 1 saturated carbocycles. The van der Waals surface area contributed by atoms with Gasteiger partial charge in [0, 0.05) is 13.0 Å². The molecule has 0 N–H and O–H groups in total. The summed E-state index contributed by atoms with van der Waals surface area (Å²) in [6.45, 7) is 7.13. The van der Waals surface area contributed by atoms with Gasteiger partial charge in [0.2, 0.25) is 0 Å². The zero-order valence-electron chi connectivity index (χ0n) is 7.67. The molecule has 2 nitrogen and oxygen atoms in total. The van der Waals surface area contributed by atoms with Crippen molar-refractivity contribution in [3.8, 4) is 0 Å². The highest BCUT2D eigenvalue weighted by atomic mass is 16.6. The standard InChI is InChI=1S/C9H18O2/c1-4-5-10-8-6-9(8)11-7(2)3/h7-9H,4-6H2,1-3H3. The second-order valence-corrected chi connectivity index (χ2v) is 3.37. The third kappa shape index (κ3) is 3.21. The summed E-state index contributed by atoms with van der Waals surface area (Å²) in [5.41, 5.74) is 0. The molecule has 0 heterocycles. The van der Waals surface area contributed by atoms with Crippen molar-refractivity contribution in [2.75, 3.05) is 6.61 Å². The maximum atomic E-state index is 5.55. The molecule has 0 aromatic heterocycles. The summed E-state index contributed by atoms with van der Waals surface area (Å²) in [5.74, 6) is 0. The van der Waals surface area contributed by atoms with Crippen LogP contribution in [0.5, 0.6) is 0 Å². The minimum Gasteiger partial charge on any atom is -0.375 e. The first-order valence-corrected chi connectivity index (χ1v) is 4.51. The Balaban J connectivity index is 1.98. The molecule has 0 bridgehead atoms. The van der Waals surface area contributed by atoms with E-state index in [2.05, 4.69) is 20.8 Å². The number of rotatable bonds is 5. The van der Waals surface area contributed by atoms with E-state index >= 15 is 0 Å². The molecule has 1 aliphatic rings. The van der Waals surface area contributed by atoms with E-state index in [0.29, 0.717) is 18.3 Å². The van der Waals surface area contributed by atoms with E-state index in [9.17, 15) is 0 Å². The molecule has 0 saturated heterocycles. The van der Waals surface area contributed by atoms with Crippen LogP contribution in [-0.4, -0.2) is 24.9 Å². The maximum absolute atomic E-state index is 5.55. The first-order valence-electron chi connectivity index (χ1n) is 4.51. The molecule has 0 radical (unpaired) electrons. The Hall–Kier alpha value is -0.0800. The molecule has 2 heteroatoms. The van der Waals surface area contributed by atoms with E-state index in [1.165, 1.54) is 0 Å². The van der Waals surface area contributed by atoms with Gasteiger partial charge in [-0.05, 0) is 20.3 Å². The highest BCUT2D eigenvalue weighted by molar-refractivity contribution is 4.89. The number of ether oxygens (including phenoxy) is 2. The van der Waals surface area contributed by atoms with Crippen LogP contribution in [-0.2, 0) is 9.47 Å². The second kappa shape index (κ2) is 4.07. The summed E-state index contributed by atoms with van der Waals surface area (Å²) in [6, 6.07) is 0. The molecular formula is C9H18O2. The van der Waals surface area contributed by atoms with Crippen LogP contribution in [0, 0.1) is 0 Å². The highest BCUT2D eigenvalue weighted by Crippen LogP contribution is 2.29. The molecular weight excluding hydrogens is 140 g/mol. The van der Waals surface area contributed by atoms with Crippen LogP contribution >= 0.6 is 0 Å². The highest BCUT2D eigenvalue weighted by Gasteiger charge is 2.39. The normalized spacial score (nSPS) is 29.5. The van der Waals surface area contributed by atoms with Gasteiger partial charge in [-0.3, -0.25) is 0 Å². The molecule has 0 spiro atoms. The lowest BCUT2D eigenvalue weighted by Gasteiger charge is -2.06. The van der Waals surface area contributed by atoms with Crippen molar-refractivity contribution in [3.05, 3.63) is 0 Å². The molecule has 1 rings (SSSR count). The molecule has 0 aromatic rings. The predicted molar refractivity (Wildman–Crippen MR) is 44.7 cm³/mol. The summed E-state index contributed by atoms with van der Waals surface area (Å²) in [4.78, 5) is 0. The van der Waals surface area contributed by atoms with E-state index in [1.54, 1.807) is 0 Å². The Morgan fingerprint density at radius 3 is 2.64 bits per heavy atom. The first kappa shape index (κ1) is 9.01. The molecule has 1 aliphatic carbocycles. The average Bonchev–Trinajstić information content (AvgIpc) is 2.62. The van der Waals surface area contributed by atoms with E-state index < -0.39 is 0 Å². The second-order valence-electron chi connectivity index (χ2n) is 3.37. The van der Waals surface area contributed by atoms with Gasteiger partial charge in [-0.25, -0.2) is 0 Å². The van der Waals surface area contributed by atoms with Gasteiger partial charge in [-0.2, -0.15) is 0 Å². The van der Waals surface area contributed by atoms with Crippen molar-refractivity contribution in [1.82, 2.24) is 0 Å². The van der Waals surface area contributed by atoms with E-state index in [-0.39, 0.29) is 0 Å². The van der Waals surface area contributed by atoms with Gasteiger partial charge in [0.05, 0.1) is 18.3 Å². The lowest BCUT2D eigenvalue weighted by molar-refractivity contribution is 0.0145. The van der Waals surface area contributed by atoms with Crippen molar-refractivity contribution in [3.63, 3.8) is 0 Å². The third-order valence-corrected chi connectivity index (χ3v) is 1.66. The molecule has 0 aliphatic heterocycles. The Morgan fingerprint density at radius 1 is 1.36 bits per heavy atom. The van der Waals surface area contributed by atoms with Crippen LogP contribution in [0.1, 0.15) is 33.6 Å². The van der Waals surface area contributed by atoms with Crippen LogP contribution in [0.25, 0.3) is 0 Å². The average molecular weight is 158 g/mol. The quantitative estimate of drug-likeness (QED) is 0.609. The predicted octanol–water partition coefficient (Wildman–Crippen LogP) is 1.98. The molecule has 2 atom stereocenters. The first-order chi connectivity index (χ1) is 5.24. The summed E-state index contributed by atoms with van der Waals surface area (Å²) >= 11 is 0. The molecule has 0 amide bonds. The maximum Gasteiger partial charge on any atom is 0.0866 e. The van der Waals surface area contributed by atoms with Crippen molar-refractivity contribution in [1.29, 1.82) is 0 Å². The van der Waals surface area contributed by atoms with Gasteiger partial charge in [-0.1, -0.05) is 6.92 Å². The van der Waals surface area contributed by atoms with E-state index in [1.807, 2.05) is 0 Å². The Bertz CT molecular complexity index is 112. The van der Waals surface area contributed by atoms with Gasteiger partial charge >= 0.3 is 0 Å². The Morgan fingerprint density at radius 2 is 2.09 bits per heavy atom. The Labute approximate surface area is 68.9 Å². The summed E-state index contributed by atoms with van der Waals surface area (Å²) in [7, 11) is 0. The number of hydrogen-bond acceptors (Lipinski definition) is 2. The smallest absolute Gasteiger partial charge is 0.0866 e. The SMILES string of the molecule is CCCOC1CC1OC(C)C. The summed E-state index contributed by atoms with van der Waals surface area (Å²) < 4.78 is 11.0. The van der Waals surface area contributed by atoms with Gasteiger partial charge < -0.3 is 9.47 Å². The van der Waals surface area contributed by atoms with E-state index in [0.717, 1.165) is 19.4 Å².